The average molecular weight is 282 g/mol. The molecule has 1 atom stereocenters. The Morgan fingerprint density at radius 2 is 2.00 bits per heavy atom. The monoisotopic (exact) mass is 282 g/mol. The van der Waals surface area contributed by atoms with Gasteiger partial charge in [-0.15, -0.1) is 0 Å². The van der Waals surface area contributed by atoms with Crippen molar-refractivity contribution in [2.24, 2.45) is 0 Å². The largest absolute Gasteiger partial charge is 0.314 e. The van der Waals surface area contributed by atoms with Gasteiger partial charge in [0.15, 0.2) is 0 Å². The Balaban J connectivity index is 3.53. The summed E-state index contributed by atoms with van der Waals surface area (Å²) in [6.07, 6.45) is 4.59. The van der Waals surface area contributed by atoms with Gasteiger partial charge < -0.3 is 10.2 Å². The molecular weight excluding hydrogens is 256 g/mol. The summed E-state index contributed by atoms with van der Waals surface area (Å²) in [5, 5.41) is 3.16. The summed E-state index contributed by atoms with van der Waals surface area (Å²) in [5.41, 5.74) is 0. The molecule has 0 saturated heterocycles. The van der Waals surface area contributed by atoms with Gasteiger partial charge in [-0.05, 0) is 32.4 Å². The van der Waals surface area contributed by atoms with Crippen LogP contribution in [0.4, 0.5) is 0 Å². The highest BCUT2D eigenvalue weighted by molar-refractivity contribution is 7.98. The van der Waals surface area contributed by atoms with Crippen LogP contribution in [0.1, 0.15) is 13.3 Å². The Morgan fingerprint density at radius 1 is 1.35 bits per heavy atom. The molecule has 0 fully saturated rings. The molecule has 0 aromatic rings. The number of likely N-dealkylation sites (N-methyl/N-ethyl adjacent to an activating group) is 1. The maximum Gasteiger partial charge on any atom is 0.148 e. The van der Waals surface area contributed by atoms with Crippen LogP contribution in [-0.4, -0.2) is 70.1 Å². The van der Waals surface area contributed by atoms with Gasteiger partial charge >= 0.3 is 0 Å². The molecule has 0 radical (unpaired) electrons. The van der Waals surface area contributed by atoms with Crippen molar-refractivity contribution in [2.75, 3.05) is 50.7 Å². The van der Waals surface area contributed by atoms with E-state index in [1.54, 1.807) is 0 Å². The molecule has 1 N–H and O–H groups in total. The Morgan fingerprint density at radius 3 is 2.53 bits per heavy atom. The maximum absolute atomic E-state index is 10.9. The lowest BCUT2D eigenvalue weighted by molar-refractivity contribution is 0.254. The fraction of sp³-hybridized carbons (Fsp3) is 1.00. The van der Waals surface area contributed by atoms with Crippen LogP contribution in [0.5, 0.6) is 0 Å². The highest BCUT2D eigenvalue weighted by Gasteiger charge is 2.08. The van der Waals surface area contributed by atoms with Crippen molar-refractivity contribution in [2.45, 2.75) is 19.4 Å². The number of hydrogen-bond acceptors (Lipinski definition) is 5. The summed E-state index contributed by atoms with van der Waals surface area (Å²) >= 11 is 1.87. The van der Waals surface area contributed by atoms with Crippen LogP contribution in [0, 0.1) is 0 Å². The molecule has 0 aromatic heterocycles. The zero-order chi connectivity index (χ0) is 13.3. The van der Waals surface area contributed by atoms with Crippen LogP contribution in [0.2, 0.25) is 0 Å². The van der Waals surface area contributed by atoms with Crippen LogP contribution >= 0.6 is 11.8 Å². The van der Waals surface area contributed by atoms with Crippen molar-refractivity contribution in [3.8, 4) is 0 Å². The summed E-state index contributed by atoms with van der Waals surface area (Å²) in [7, 11) is -0.718. The van der Waals surface area contributed by atoms with Gasteiger partial charge in [0.2, 0.25) is 0 Å². The Kier molecular flexibility index (Phi) is 9.31. The standard InChI is InChI=1S/C11H26N2O2S2/c1-11(5-9-16-3)13(2)8-6-12-7-10-17(4,14)15/h11-12H,5-10H2,1-4H3. The second kappa shape index (κ2) is 9.19. The first-order valence-corrected chi connectivity index (χ1v) is 9.40. The molecular formula is C11H26N2O2S2. The van der Waals surface area contributed by atoms with E-state index < -0.39 is 9.84 Å². The predicted molar refractivity (Wildman–Crippen MR) is 77.7 cm³/mol. The van der Waals surface area contributed by atoms with E-state index in [1.165, 1.54) is 18.4 Å². The first-order valence-electron chi connectivity index (χ1n) is 5.94. The summed E-state index contributed by atoms with van der Waals surface area (Å²) < 4.78 is 21.8. The molecule has 0 aliphatic heterocycles. The Bertz CT molecular complexity index is 281. The quantitative estimate of drug-likeness (QED) is 0.598. The lowest BCUT2D eigenvalue weighted by Crippen LogP contribution is -2.36. The van der Waals surface area contributed by atoms with Gasteiger partial charge in [-0.1, -0.05) is 0 Å². The molecule has 0 spiro atoms. The molecule has 0 aliphatic rings. The van der Waals surface area contributed by atoms with Gasteiger partial charge in [-0.25, -0.2) is 8.42 Å². The number of sulfone groups is 1. The number of nitrogens with zero attached hydrogens (tertiary/aromatic N) is 1. The minimum atomic E-state index is -2.83. The minimum absolute atomic E-state index is 0.221. The van der Waals surface area contributed by atoms with Crippen molar-refractivity contribution in [3.63, 3.8) is 0 Å². The topological polar surface area (TPSA) is 49.4 Å². The molecule has 0 aromatic carbocycles. The highest BCUT2D eigenvalue weighted by Crippen LogP contribution is 2.04. The molecule has 0 saturated carbocycles. The van der Waals surface area contributed by atoms with E-state index in [9.17, 15) is 8.42 Å². The fourth-order valence-electron chi connectivity index (χ4n) is 1.37. The average Bonchev–Trinajstić information content (AvgIpc) is 2.23. The Labute approximate surface area is 110 Å². The molecule has 17 heavy (non-hydrogen) atoms. The van der Waals surface area contributed by atoms with Gasteiger partial charge in [0.25, 0.3) is 0 Å². The first kappa shape index (κ1) is 17.2. The molecule has 4 nitrogen and oxygen atoms in total. The molecule has 0 aliphatic carbocycles. The fourth-order valence-corrected chi connectivity index (χ4v) is 2.46. The van der Waals surface area contributed by atoms with E-state index in [0.29, 0.717) is 12.6 Å². The van der Waals surface area contributed by atoms with Gasteiger partial charge in [-0.3, -0.25) is 0 Å². The summed E-state index contributed by atoms with van der Waals surface area (Å²) in [6, 6.07) is 0.583. The van der Waals surface area contributed by atoms with Crippen LogP contribution in [-0.2, 0) is 9.84 Å². The van der Waals surface area contributed by atoms with E-state index >= 15 is 0 Å². The highest BCUT2D eigenvalue weighted by atomic mass is 32.2. The number of thioether (sulfide) groups is 1. The van der Waals surface area contributed by atoms with Crippen molar-refractivity contribution >= 4 is 21.6 Å². The molecule has 104 valence electrons. The normalized spacial score (nSPS) is 14.2. The van der Waals surface area contributed by atoms with Gasteiger partial charge in [0.1, 0.15) is 9.84 Å². The smallest absolute Gasteiger partial charge is 0.148 e. The second-order valence-electron chi connectivity index (χ2n) is 4.49. The summed E-state index contributed by atoms with van der Waals surface area (Å²) in [6.45, 7) is 4.58. The van der Waals surface area contributed by atoms with E-state index in [-0.39, 0.29) is 5.75 Å². The summed E-state index contributed by atoms with van der Waals surface area (Å²) in [4.78, 5) is 2.31. The van der Waals surface area contributed by atoms with Gasteiger partial charge in [0, 0.05) is 31.9 Å². The third-order valence-electron chi connectivity index (χ3n) is 2.78. The lowest BCUT2D eigenvalue weighted by atomic mass is 10.2. The van der Waals surface area contributed by atoms with E-state index in [0.717, 1.165) is 13.1 Å². The third-order valence-corrected chi connectivity index (χ3v) is 4.37. The van der Waals surface area contributed by atoms with Crippen LogP contribution in [0.25, 0.3) is 0 Å². The maximum atomic E-state index is 10.9. The zero-order valence-electron chi connectivity index (χ0n) is 11.4. The van der Waals surface area contributed by atoms with Crippen LogP contribution in [0.15, 0.2) is 0 Å². The van der Waals surface area contributed by atoms with Crippen molar-refractivity contribution < 1.29 is 8.42 Å². The molecule has 0 rings (SSSR count). The van der Waals surface area contributed by atoms with Crippen LogP contribution < -0.4 is 5.32 Å². The first-order chi connectivity index (χ1) is 7.87. The minimum Gasteiger partial charge on any atom is -0.314 e. The van der Waals surface area contributed by atoms with Crippen molar-refractivity contribution in [1.82, 2.24) is 10.2 Å². The van der Waals surface area contributed by atoms with Crippen molar-refractivity contribution in [3.05, 3.63) is 0 Å². The number of hydrogen-bond donors (Lipinski definition) is 1. The molecule has 1 unspecified atom stereocenters. The van der Waals surface area contributed by atoms with E-state index in [1.807, 2.05) is 11.8 Å². The predicted octanol–water partition coefficient (Wildman–Crippen LogP) is 0.694. The van der Waals surface area contributed by atoms with Crippen molar-refractivity contribution in [1.29, 1.82) is 0 Å². The number of nitrogens with one attached hydrogen (secondary N) is 1. The third kappa shape index (κ3) is 11.1. The molecule has 6 heteroatoms. The van der Waals surface area contributed by atoms with Gasteiger partial charge in [0.05, 0.1) is 5.75 Å². The molecule has 0 amide bonds. The summed E-state index contributed by atoms with van der Waals surface area (Å²) in [5.74, 6) is 1.41. The van der Waals surface area contributed by atoms with E-state index in [2.05, 4.69) is 30.4 Å². The second-order valence-corrected chi connectivity index (χ2v) is 7.74. The van der Waals surface area contributed by atoms with Crippen LogP contribution in [0.3, 0.4) is 0 Å². The molecule has 0 heterocycles. The Hall–Kier alpha value is 0.220. The molecule has 0 bridgehead atoms. The zero-order valence-corrected chi connectivity index (χ0v) is 13.0. The van der Waals surface area contributed by atoms with Gasteiger partial charge in [-0.2, -0.15) is 11.8 Å². The number of rotatable bonds is 10. The van der Waals surface area contributed by atoms with E-state index in [4.69, 9.17) is 0 Å². The lowest BCUT2D eigenvalue weighted by Gasteiger charge is -2.24. The SMILES string of the molecule is CSCCC(C)N(C)CCNCCS(C)(=O)=O.